The van der Waals surface area contributed by atoms with Crippen LogP contribution in [0.4, 0.5) is 8.78 Å². The lowest BCUT2D eigenvalue weighted by Crippen LogP contribution is -2.43. The molecule has 1 amide bonds. The van der Waals surface area contributed by atoms with Crippen LogP contribution in [0.5, 0.6) is 0 Å². The lowest BCUT2D eigenvalue weighted by atomic mass is 9.82. The maximum Gasteiger partial charge on any atom is 0.265 e. The van der Waals surface area contributed by atoms with Crippen LogP contribution in [-0.4, -0.2) is 52.7 Å². The molecule has 0 radical (unpaired) electrons. The third-order valence-corrected chi connectivity index (χ3v) is 8.30. The number of likely N-dealkylation sites (tertiary alicyclic amines) is 1. The van der Waals surface area contributed by atoms with E-state index < -0.39 is 5.54 Å². The van der Waals surface area contributed by atoms with E-state index in [1.54, 1.807) is 29.2 Å². The van der Waals surface area contributed by atoms with Crippen molar-refractivity contribution in [2.24, 2.45) is 4.99 Å². The highest BCUT2D eigenvalue weighted by Gasteiger charge is 2.49. The first kappa shape index (κ1) is 25.4. The van der Waals surface area contributed by atoms with E-state index in [-0.39, 0.29) is 17.5 Å². The molecule has 2 aliphatic rings. The van der Waals surface area contributed by atoms with E-state index >= 15 is 0 Å². The third-order valence-electron chi connectivity index (χ3n) is 8.30. The quantitative estimate of drug-likeness (QED) is 0.311. The van der Waals surface area contributed by atoms with Gasteiger partial charge in [0.1, 0.15) is 17.5 Å². The number of fused-ring (bicyclic) bond motifs is 1. The summed E-state index contributed by atoms with van der Waals surface area (Å²) < 4.78 is 27.5. The summed E-state index contributed by atoms with van der Waals surface area (Å²) in [6.45, 7) is 5.33. The molecule has 1 N–H and O–H groups in total. The molecular weight excluding hydrogens is 494 g/mol. The maximum absolute atomic E-state index is 14.0. The van der Waals surface area contributed by atoms with Crippen molar-refractivity contribution >= 4 is 22.6 Å². The average molecular weight is 527 g/mol. The molecule has 200 valence electrons. The zero-order valence-electron chi connectivity index (χ0n) is 22.0. The molecule has 0 aliphatic carbocycles. The second kappa shape index (κ2) is 10.4. The average Bonchev–Trinajstić information content (AvgIpc) is 3.49. The summed E-state index contributed by atoms with van der Waals surface area (Å²) >= 11 is 0. The van der Waals surface area contributed by atoms with Gasteiger partial charge >= 0.3 is 0 Å². The number of benzene rings is 3. The number of piperidine rings is 1. The summed E-state index contributed by atoms with van der Waals surface area (Å²) in [6.07, 6.45) is 5.21. The minimum absolute atomic E-state index is 0.184. The molecule has 0 unspecified atom stereocenters. The van der Waals surface area contributed by atoms with Crippen LogP contribution in [0.25, 0.3) is 10.9 Å². The van der Waals surface area contributed by atoms with Crippen molar-refractivity contribution in [3.63, 3.8) is 0 Å². The first-order valence-electron chi connectivity index (χ1n) is 13.6. The second-order valence-corrected chi connectivity index (χ2v) is 10.6. The number of aromatic nitrogens is 1. The van der Waals surface area contributed by atoms with Gasteiger partial charge in [-0.25, -0.2) is 13.8 Å². The molecular formula is C32H32F2N4O. The minimum atomic E-state index is -1.34. The van der Waals surface area contributed by atoms with Gasteiger partial charge in [0.15, 0.2) is 5.54 Å². The summed E-state index contributed by atoms with van der Waals surface area (Å²) in [7, 11) is 0. The largest absolute Gasteiger partial charge is 0.361 e. The molecule has 5 nitrogen and oxygen atoms in total. The molecule has 7 heteroatoms. The fraction of sp³-hybridized carbons (Fsp3) is 0.312. The number of aliphatic imine (C=N–C) groups is 1. The number of nitrogens with one attached hydrogen (secondary N) is 1. The number of H-pyrrole nitrogens is 1. The Morgan fingerprint density at radius 1 is 0.897 bits per heavy atom. The molecule has 0 spiro atoms. The number of amides is 1. The van der Waals surface area contributed by atoms with Crippen LogP contribution >= 0.6 is 0 Å². The first-order chi connectivity index (χ1) is 19.0. The number of halogens is 2. The van der Waals surface area contributed by atoms with Crippen molar-refractivity contribution in [2.75, 3.05) is 26.2 Å². The SMILES string of the molecule is CC1=NC(c2ccc(F)cc2)(c2ccc(F)cc2)C(=O)N1CCCN1CCC(c2c[nH]c3ccccc23)CC1. The van der Waals surface area contributed by atoms with Gasteiger partial charge in [-0.3, -0.25) is 9.69 Å². The summed E-state index contributed by atoms with van der Waals surface area (Å²) in [5, 5.41) is 1.32. The molecule has 2 aliphatic heterocycles. The molecule has 4 aromatic rings. The van der Waals surface area contributed by atoms with Crippen LogP contribution in [0.2, 0.25) is 0 Å². The van der Waals surface area contributed by atoms with E-state index in [0.29, 0.717) is 29.4 Å². The van der Waals surface area contributed by atoms with Crippen molar-refractivity contribution in [3.05, 3.63) is 107 Å². The van der Waals surface area contributed by atoms with Crippen LogP contribution in [0.3, 0.4) is 0 Å². The Balaban J connectivity index is 1.12. The number of carbonyl (C=O) groups excluding carboxylic acids is 1. The van der Waals surface area contributed by atoms with Crippen LogP contribution in [-0.2, 0) is 10.3 Å². The first-order valence-corrected chi connectivity index (χ1v) is 13.6. The van der Waals surface area contributed by atoms with E-state index in [2.05, 4.69) is 40.3 Å². The Morgan fingerprint density at radius 3 is 2.15 bits per heavy atom. The molecule has 39 heavy (non-hydrogen) atoms. The topological polar surface area (TPSA) is 51.7 Å². The highest BCUT2D eigenvalue weighted by Crippen LogP contribution is 2.40. The molecule has 0 bridgehead atoms. The number of hydrogen-bond acceptors (Lipinski definition) is 3. The number of nitrogens with zero attached hydrogens (tertiary/aromatic N) is 3. The Morgan fingerprint density at radius 2 is 1.51 bits per heavy atom. The molecule has 0 atom stereocenters. The van der Waals surface area contributed by atoms with Crippen molar-refractivity contribution < 1.29 is 13.6 Å². The van der Waals surface area contributed by atoms with Crippen LogP contribution < -0.4 is 0 Å². The highest BCUT2D eigenvalue weighted by atomic mass is 19.1. The molecule has 0 saturated carbocycles. The van der Waals surface area contributed by atoms with Gasteiger partial charge in [-0.2, -0.15) is 0 Å². The van der Waals surface area contributed by atoms with Gasteiger partial charge in [0.05, 0.1) is 0 Å². The Bertz CT molecular complexity index is 1460. The van der Waals surface area contributed by atoms with Crippen molar-refractivity contribution in [1.82, 2.24) is 14.8 Å². The lowest BCUT2D eigenvalue weighted by molar-refractivity contribution is -0.130. The molecule has 1 fully saturated rings. The standard InChI is InChI=1S/C32H32F2N4O/c1-22-36-32(24-7-11-26(33)12-8-24,25-9-13-27(34)14-10-25)31(39)38(22)18-4-17-37-19-15-23(16-20-37)29-21-35-30-6-3-2-5-28(29)30/h2-3,5-14,21,23,35H,4,15-20H2,1H3. The van der Waals surface area contributed by atoms with Gasteiger partial charge in [0, 0.05) is 23.6 Å². The fourth-order valence-corrected chi connectivity index (χ4v) is 6.23. The van der Waals surface area contributed by atoms with Gasteiger partial charge in [0.2, 0.25) is 0 Å². The summed E-state index contributed by atoms with van der Waals surface area (Å²) in [4.78, 5) is 26.4. The van der Waals surface area contributed by atoms with E-state index in [1.165, 1.54) is 40.7 Å². The summed E-state index contributed by atoms with van der Waals surface area (Å²) in [6, 6.07) is 20.2. The number of amidine groups is 1. The van der Waals surface area contributed by atoms with E-state index in [0.717, 1.165) is 38.9 Å². The zero-order chi connectivity index (χ0) is 27.0. The van der Waals surface area contributed by atoms with Gasteiger partial charge in [-0.05, 0) is 98.8 Å². The smallest absolute Gasteiger partial charge is 0.265 e. The lowest BCUT2D eigenvalue weighted by Gasteiger charge is -2.32. The zero-order valence-corrected chi connectivity index (χ0v) is 22.0. The second-order valence-electron chi connectivity index (χ2n) is 10.6. The fourth-order valence-electron chi connectivity index (χ4n) is 6.23. The van der Waals surface area contributed by atoms with Gasteiger partial charge < -0.3 is 9.88 Å². The number of hydrogen-bond donors (Lipinski definition) is 1. The van der Waals surface area contributed by atoms with E-state index in [4.69, 9.17) is 4.99 Å². The van der Waals surface area contributed by atoms with Gasteiger partial charge in [-0.1, -0.05) is 42.5 Å². The summed E-state index contributed by atoms with van der Waals surface area (Å²) in [5.74, 6) is 0.218. The monoisotopic (exact) mass is 526 g/mol. The van der Waals surface area contributed by atoms with Crippen LogP contribution in [0.15, 0.2) is 84.0 Å². The van der Waals surface area contributed by atoms with Crippen LogP contribution in [0, 0.1) is 11.6 Å². The van der Waals surface area contributed by atoms with E-state index in [9.17, 15) is 13.6 Å². The predicted molar refractivity (Wildman–Crippen MR) is 150 cm³/mol. The van der Waals surface area contributed by atoms with Crippen molar-refractivity contribution in [1.29, 1.82) is 0 Å². The van der Waals surface area contributed by atoms with Gasteiger partial charge in [-0.15, -0.1) is 0 Å². The van der Waals surface area contributed by atoms with Crippen molar-refractivity contribution in [2.45, 2.75) is 37.6 Å². The Hall–Kier alpha value is -3.84. The molecule has 1 saturated heterocycles. The number of carbonyl (C=O) groups is 1. The van der Waals surface area contributed by atoms with Crippen molar-refractivity contribution in [3.8, 4) is 0 Å². The number of para-hydroxylation sites is 1. The third kappa shape index (κ3) is 4.65. The molecule has 6 rings (SSSR count). The van der Waals surface area contributed by atoms with Gasteiger partial charge in [0.25, 0.3) is 5.91 Å². The Kier molecular flexibility index (Phi) is 6.77. The molecule has 3 aromatic carbocycles. The normalized spacial score (nSPS) is 18.2. The minimum Gasteiger partial charge on any atom is -0.361 e. The highest BCUT2D eigenvalue weighted by molar-refractivity contribution is 6.09. The predicted octanol–water partition coefficient (Wildman–Crippen LogP) is 6.22. The molecule has 3 heterocycles. The van der Waals surface area contributed by atoms with E-state index in [1.807, 2.05) is 6.92 Å². The van der Waals surface area contributed by atoms with Crippen LogP contribution in [0.1, 0.15) is 48.8 Å². The Labute approximate surface area is 227 Å². The molecule has 1 aromatic heterocycles. The summed E-state index contributed by atoms with van der Waals surface area (Å²) in [5.41, 5.74) is 2.41. The number of aromatic amines is 1. The maximum atomic E-state index is 14.0. The number of rotatable bonds is 7.